The maximum atomic E-state index is 11.4. The Bertz CT molecular complexity index is 1020. The number of hydrogen-bond donors (Lipinski definition) is 0. The van der Waals surface area contributed by atoms with Crippen LogP contribution in [0.15, 0.2) is 72.9 Å². The molecule has 0 N–H and O–H groups in total. The van der Waals surface area contributed by atoms with Gasteiger partial charge in [-0.15, -0.1) is 0 Å². The van der Waals surface area contributed by atoms with Crippen LogP contribution in [0.4, 0.5) is 0 Å². The summed E-state index contributed by atoms with van der Waals surface area (Å²) in [7, 11) is 0. The quantitative estimate of drug-likeness (QED) is 0.582. The molecule has 0 spiro atoms. The maximum Gasteiger partial charge on any atom is 0.165 e. The fourth-order valence-electron chi connectivity index (χ4n) is 2.68. The Labute approximate surface area is 137 Å². The number of fused-ring (bicyclic) bond motifs is 1. The summed E-state index contributed by atoms with van der Waals surface area (Å²) < 4.78 is 1.53. The standard InChI is InChI=1S/C19H13N3O2/c23-19(24)15-12-20-22-17(14-9-5-2-6-10-14)11-16(21-18(15)22)13-7-3-1-4-8-13/h1-12H,(H,23,24)/p-1. The van der Waals surface area contributed by atoms with Crippen molar-refractivity contribution in [1.29, 1.82) is 0 Å². The molecule has 2 heterocycles. The van der Waals surface area contributed by atoms with Crippen LogP contribution >= 0.6 is 0 Å². The first-order chi connectivity index (χ1) is 11.7. The van der Waals surface area contributed by atoms with Crippen LogP contribution in [0.5, 0.6) is 0 Å². The SMILES string of the molecule is O=C([O-])c1cnn2c(-c3ccccc3)cc(-c3ccccc3)nc12. The Hall–Kier alpha value is -3.47. The van der Waals surface area contributed by atoms with Gasteiger partial charge in [0.15, 0.2) is 5.65 Å². The monoisotopic (exact) mass is 314 g/mol. The largest absolute Gasteiger partial charge is 0.545 e. The highest BCUT2D eigenvalue weighted by Gasteiger charge is 2.14. The summed E-state index contributed by atoms with van der Waals surface area (Å²) in [5.41, 5.74) is 3.54. The molecule has 0 aliphatic rings. The van der Waals surface area contributed by atoms with Crippen molar-refractivity contribution in [2.24, 2.45) is 0 Å². The van der Waals surface area contributed by atoms with E-state index in [0.717, 1.165) is 16.8 Å². The average Bonchev–Trinajstić information content (AvgIpc) is 3.06. The number of aromatic carboxylic acids is 1. The third kappa shape index (κ3) is 2.32. The minimum atomic E-state index is -1.29. The van der Waals surface area contributed by atoms with Crippen LogP contribution in [-0.4, -0.2) is 20.6 Å². The summed E-state index contributed by atoms with van der Waals surface area (Å²) in [6, 6.07) is 21.2. The summed E-state index contributed by atoms with van der Waals surface area (Å²) in [6.45, 7) is 0. The van der Waals surface area contributed by atoms with Gasteiger partial charge in [-0.25, -0.2) is 9.50 Å². The predicted octanol–water partition coefficient (Wildman–Crippen LogP) is 2.43. The molecular weight excluding hydrogens is 302 g/mol. The van der Waals surface area contributed by atoms with E-state index in [0.29, 0.717) is 5.69 Å². The van der Waals surface area contributed by atoms with Gasteiger partial charge in [0.2, 0.25) is 0 Å². The minimum Gasteiger partial charge on any atom is -0.545 e. The van der Waals surface area contributed by atoms with Crippen molar-refractivity contribution in [2.75, 3.05) is 0 Å². The van der Waals surface area contributed by atoms with E-state index < -0.39 is 5.97 Å². The van der Waals surface area contributed by atoms with Crippen molar-refractivity contribution in [2.45, 2.75) is 0 Å². The molecule has 0 amide bonds. The van der Waals surface area contributed by atoms with Crippen molar-refractivity contribution in [3.8, 4) is 22.5 Å². The van der Waals surface area contributed by atoms with E-state index in [2.05, 4.69) is 10.1 Å². The van der Waals surface area contributed by atoms with Crippen molar-refractivity contribution in [3.63, 3.8) is 0 Å². The molecule has 24 heavy (non-hydrogen) atoms. The van der Waals surface area contributed by atoms with Gasteiger partial charge < -0.3 is 9.90 Å². The van der Waals surface area contributed by atoms with E-state index in [1.807, 2.05) is 66.7 Å². The molecular formula is C19H12N3O2-. The lowest BCUT2D eigenvalue weighted by Crippen LogP contribution is -2.22. The normalized spacial score (nSPS) is 10.8. The molecule has 4 rings (SSSR count). The number of carboxylic acid groups (broad SMARTS) is 1. The first-order valence-corrected chi connectivity index (χ1v) is 7.45. The third-order valence-electron chi connectivity index (χ3n) is 3.83. The number of nitrogens with zero attached hydrogens (tertiary/aromatic N) is 3. The molecule has 0 aliphatic carbocycles. The Balaban J connectivity index is 2.05. The molecule has 5 heteroatoms. The Morgan fingerprint density at radius 3 is 2.17 bits per heavy atom. The fraction of sp³-hybridized carbons (Fsp3) is 0. The lowest BCUT2D eigenvalue weighted by Gasteiger charge is -2.09. The zero-order valence-corrected chi connectivity index (χ0v) is 12.6. The van der Waals surface area contributed by atoms with Crippen molar-refractivity contribution < 1.29 is 9.90 Å². The van der Waals surface area contributed by atoms with Gasteiger partial charge in [-0.3, -0.25) is 0 Å². The zero-order chi connectivity index (χ0) is 16.5. The van der Waals surface area contributed by atoms with Crippen LogP contribution in [0.3, 0.4) is 0 Å². The van der Waals surface area contributed by atoms with Gasteiger partial charge in [0, 0.05) is 11.1 Å². The minimum absolute atomic E-state index is 0.0232. The highest BCUT2D eigenvalue weighted by atomic mass is 16.4. The molecule has 0 saturated carbocycles. The van der Waals surface area contributed by atoms with Gasteiger partial charge in [0.05, 0.1) is 29.1 Å². The van der Waals surface area contributed by atoms with Crippen LogP contribution in [0.1, 0.15) is 10.4 Å². The third-order valence-corrected chi connectivity index (χ3v) is 3.83. The van der Waals surface area contributed by atoms with Gasteiger partial charge in [-0.1, -0.05) is 60.7 Å². The van der Waals surface area contributed by atoms with Gasteiger partial charge in [-0.2, -0.15) is 5.10 Å². The molecule has 2 aromatic heterocycles. The summed E-state index contributed by atoms with van der Waals surface area (Å²) >= 11 is 0. The number of benzene rings is 2. The lowest BCUT2D eigenvalue weighted by molar-refractivity contribution is -0.254. The van der Waals surface area contributed by atoms with Gasteiger partial charge in [-0.05, 0) is 6.07 Å². The van der Waals surface area contributed by atoms with E-state index in [1.54, 1.807) is 0 Å². The van der Waals surface area contributed by atoms with Crippen LogP contribution in [0, 0.1) is 0 Å². The molecule has 0 radical (unpaired) electrons. The smallest absolute Gasteiger partial charge is 0.165 e. The number of rotatable bonds is 3. The first-order valence-electron chi connectivity index (χ1n) is 7.45. The Morgan fingerprint density at radius 1 is 0.917 bits per heavy atom. The second-order valence-corrected chi connectivity index (χ2v) is 5.34. The molecule has 0 aliphatic heterocycles. The van der Waals surface area contributed by atoms with Crippen LogP contribution < -0.4 is 5.11 Å². The second kappa shape index (κ2) is 5.62. The number of carboxylic acids is 1. The molecule has 0 saturated heterocycles. The van der Waals surface area contributed by atoms with Crippen molar-refractivity contribution in [1.82, 2.24) is 14.6 Å². The van der Waals surface area contributed by atoms with Crippen molar-refractivity contribution >= 4 is 11.6 Å². The predicted molar refractivity (Wildman–Crippen MR) is 88.2 cm³/mol. The molecule has 2 aromatic carbocycles. The van der Waals surface area contributed by atoms with Gasteiger partial charge in [0.25, 0.3) is 0 Å². The van der Waals surface area contributed by atoms with Gasteiger partial charge in [0.1, 0.15) is 0 Å². The molecule has 0 fully saturated rings. The summed E-state index contributed by atoms with van der Waals surface area (Å²) in [5, 5.41) is 15.6. The highest BCUT2D eigenvalue weighted by molar-refractivity contribution is 5.93. The van der Waals surface area contributed by atoms with Crippen LogP contribution in [0.25, 0.3) is 28.2 Å². The number of hydrogen-bond acceptors (Lipinski definition) is 4. The van der Waals surface area contributed by atoms with E-state index in [-0.39, 0.29) is 11.2 Å². The van der Waals surface area contributed by atoms with Gasteiger partial charge >= 0.3 is 0 Å². The van der Waals surface area contributed by atoms with E-state index in [1.165, 1.54) is 10.7 Å². The number of aromatic nitrogens is 3. The molecule has 0 atom stereocenters. The van der Waals surface area contributed by atoms with Crippen LogP contribution in [0.2, 0.25) is 0 Å². The molecule has 0 bridgehead atoms. The lowest BCUT2D eigenvalue weighted by atomic mass is 10.1. The molecule has 0 unspecified atom stereocenters. The van der Waals surface area contributed by atoms with E-state index in [4.69, 9.17) is 0 Å². The maximum absolute atomic E-state index is 11.4. The van der Waals surface area contributed by atoms with E-state index >= 15 is 0 Å². The molecule has 4 aromatic rings. The fourth-order valence-corrected chi connectivity index (χ4v) is 2.68. The number of carbonyl (C=O) groups is 1. The van der Waals surface area contributed by atoms with Crippen molar-refractivity contribution in [3.05, 3.63) is 78.5 Å². The summed E-state index contributed by atoms with van der Waals surface area (Å²) in [4.78, 5) is 15.9. The summed E-state index contributed by atoms with van der Waals surface area (Å²) in [6.07, 6.45) is 1.28. The Kier molecular flexibility index (Phi) is 3.31. The van der Waals surface area contributed by atoms with Crippen LogP contribution in [-0.2, 0) is 0 Å². The molecule has 116 valence electrons. The number of carbonyl (C=O) groups excluding carboxylic acids is 1. The topological polar surface area (TPSA) is 70.3 Å². The molecule has 5 nitrogen and oxygen atoms in total. The zero-order valence-electron chi connectivity index (χ0n) is 12.6. The second-order valence-electron chi connectivity index (χ2n) is 5.34. The Morgan fingerprint density at radius 2 is 1.54 bits per heavy atom. The summed E-state index contributed by atoms with van der Waals surface area (Å²) in [5.74, 6) is -1.29. The highest BCUT2D eigenvalue weighted by Crippen LogP contribution is 2.27. The first kappa shape index (κ1) is 14.1. The van der Waals surface area contributed by atoms with E-state index in [9.17, 15) is 9.90 Å². The average molecular weight is 314 g/mol.